The molecule has 4 rings (SSSR count). The van der Waals surface area contributed by atoms with Crippen molar-refractivity contribution < 1.29 is 14.3 Å². The zero-order valence-corrected chi connectivity index (χ0v) is 15.6. The van der Waals surface area contributed by atoms with Crippen molar-refractivity contribution in [3.63, 3.8) is 0 Å². The van der Waals surface area contributed by atoms with Crippen molar-refractivity contribution in [1.29, 1.82) is 0 Å². The Labute approximate surface area is 156 Å². The van der Waals surface area contributed by atoms with Gasteiger partial charge in [0.2, 0.25) is 12.7 Å². The highest BCUT2D eigenvalue weighted by molar-refractivity contribution is 7.99. The summed E-state index contributed by atoms with van der Waals surface area (Å²) in [5.41, 5.74) is 0.990. The molecule has 0 radical (unpaired) electrons. The molecule has 3 heterocycles. The summed E-state index contributed by atoms with van der Waals surface area (Å²) in [6, 6.07) is 5.64. The minimum absolute atomic E-state index is 0.0221. The van der Waals surface area contributed by atoms with E-state index in [0.717, 1.165) is 53.9 Å². The number of amides is 1. The van der Waals surface area contributed by atoms with Crippen LogP contribution in [-0.4, -0.2) is 33.2 Å². The van der Waals surface area contributed by atoms with E-state index in [9.17, 15) is 4.79 Å². The van der Waals surface area contributed by atoms with Crippen LogP contribution in [0.3, 0.4) is 0 Å². The Morgan fingerprint density at radius 1 is 1.27 bits per heavy atom. The molecule has 1 aromatic heterocycles. The quantitative estimate of drug-likeness (QED) is 0.811. The van der Waals surface area contributed by atoms with Gasteiger partial charge in [0.05, 0.1) is 11.8 Å². The van der Waals surface area contributed by atoms with Gasteiger partial charge in [0, 0.05) is 13.0 Å². The molecule has 1 amide bonds. The van der Waals surface area contributed by atoms with E-state index in [2.05, 4.69) is 20.1 Å². The number of ether oxygens (including phenoxy) is 2. The van der Waals surface area contributed by atoms with E-state index in [-0.39, 0.29) is 18.7 Å². The van der Waals surface area contributed by atoms with Crippen molar-refractivity contribution >= 4 is 17.7 Å². The summed E-state index contributed by atoms with van der Waals surface area (Å²) >= 11 is 1.45. The van der Waals surface area contributed by atoms with Gasteiger partial charge in [0.1, 0.15) is 5.82 Å². The van der Waals surface area contributed by atoms with Crippen LogP contribution < -0.4 is 14.8 Å². The van der Waals surface area contributed by atoms with Crippen molar-refractivity contribution in [1.82, 2.24) is 20.1 Å². The van der Waals surface area contributed by atoms with Crippen LogP contribution in [0.4, 0.5) is 0 Å². The van der Waals surface area contributed by atoms with Gasteiger partial charge in [-0.25, -0.2) is 0 Å². The van der Waals surface area contributed by atoms with Crippen molar-refractivity contribution in [3.8, 4) is 11.5 Å². The first kappa shape index (κ1) is 17.2. The maximum atomic E-state index is 12.3. The molecule has 0 saturated heterocycles. The van der Waals surface area contributed by atoms with E-state index in [1.807, 2.05) is 25.1 Å². The molecule has 0 bridgehead atoms. The number of rotatable bonds is 5. The van der Waals surface area contributed by atoms with E-state index < -0.39 is 0 Å². The summed E-state index contributed by atoms with van der Waals surface area (Å²) in [5.74, 6) is 2.82. The largest absolute Gasteiger partial charge is 0.454 e. The van der Waals surface area contributed by atoms with E-state index >= 15 is 0 Å². The standard InChI is InChI=1S/C18H22N4O3S/c1-12(13-6-7-14-15(9-13)25-11-24-14)19-17(23)10-26-18-21-20-16-5-3-2-4-8-22(16)18/h6-7,9,12H,2-5,8,10-11H2,1H3,(H,19,23)/t12-/m0/s1. The number of hydrogen-bond donors (Lipinski definition) is 1. The Morgan fingerprint density at radius 2 is 2.15 bits per heavy atom. The van der Waals surface area contributed by atoms with Gasteiger partial charge in [-0.3, -0.25) is 4.79 Å². The van der Waals surface area contributed by atoms with Crippen LogP contribution >= 0.6 is 11.8 Å². The Bertz CT molecular complexity index is 808. The summed E-state index contributed by atoms with van der Waals surface area (Å²) in [6.45, 7) is 3.15. The second-order valence-electron chi connectivity index (χ2n) is 6.55. The average molecular weight is 374 g/mol. The molecule has 8 heteroatoms. The minimum Gasteiger partial charge on any atom is -0.454 e. The molecule has 2 aromatic rings. The number of nitrogens with zero attached hydrogens (tertiary/aromatic N) is 3. The number of hydrogen-bond acceptors (Lipinski definition) is 6. The van der Waals surface area contributed by atoms with E-state index in [1.54, 1.807) is 0 Å². The van der Waals surface area contributed by atoms with Gasteiger partial charge in [0.15, 0.2) is 16.7 Å². The third-order valence-corrected chi connectivity index (χ3v) is 5.65. The predicted octanol–water partition coefficient (Wildman–Crippen LogP) is 2.70. The zero-order valence-electron chi connectivity index (χ0n) is 14.7. The fraction of sp³-hybridized carbons (Fsp3) is 0.500. The molecule has 26 heavy (non-hydrogen) atoms. The number of nitrogens with one attached hydrogen (secondary N) is 1. The number of thioether (sulfide) groups is 1. The third-order valence-electron chi connectivity index (χ3n) is 4.68. The molecule has 1 aromatic carbocycles. The lowest BCUT2D eigenvalue weighted by atomic mass is 10.1. The van der Waals surface area contributed by atoms with Gasteiger partial charge < -0.3 is 19.4 Å². The van der Waals surface area contributed by atoms with Crippen LogP contribution in [0.5, 0.6) is 11.5 Å². The molecule has 2 aliphatic heterocycles. The molecule has 7 nitrogen and oxygen atoms in total. The lowest BCUT2D eigenvalue weighted by Gasteiger charge is -2.14. The number of fused-ring (bicyclic) bond motifs is 2. The van der Waals surface area contributed by atoms with Crippen LogP contribution in [-0.2, 0) is 17.8 Å². The molecule has 0 unspecified atom stereocenters. The lowest BCUT2D eigenvalue weighted by Crippen LogP contribution is -2.28. The predicted molar refractivity (Wildman–Crippen MR) is 97.4 cm³/mol. The molecular formula is C18H22N4O3S. The van der Waals surface area contributed by atoms with Crippen LogP contribution in [0.25, 0.3) is 0 Å². The first-order valence-corrected chi connectivity index (χ1v) is 9.93. The van der Waals surface area contributed by atoms with Gasteiger partial charge in [-0.05, 0) is 37.5 Å². The molecule has 0 fully saturated rings. The molecule has 1 atom stereocenters. The second kappa shape index (κ2) is 7.57. The van der Waals surface area contributed by atoms with E-state index in [1.165, 1.54) is 18.2 Å². The smallest absolute Gasteiger partial charge is 0.231 e. The van der Waals surface area contributed by atoms with Gasteiger partial charge in [-0.15, -0.1) is 10.2 Å². The SMILES string of the molecule is C[C@H](NC(=O)CSc1nnc2n1CCCCC2)c1ccc2c(c1)OCO2. The molecular weight excluding hydrogens is 352 g/mol. The summed E-state index contributed by atoms with van der Waals surface area (Å²) in [6.07, 6.45) is 4.50. The number of aromatic nitrogens is 3. The van der Waals surface area contributed by atoms with Crippen LogP contribution in [0, 0.1) is 0 Å². The molecule has 0 spiro atoms. The number of aryl methyl sites for hydroxylation is 1. The molecule has 0 aliphatic carbocycles. The van der Waals surface area contributed by atoms with Gasteiger partial charge in [-0.2, -0.15) is 0 Å². The number of carbonyl (C=O) groups is 1. The third kappa shape index (κ3) is 3.65. The molecule has 0 saturated carbocycles. The van der Waals surface area contributed by atoms with Crippen LogP contribution in [0.2, 0.25) is 0 Å². The molecule has 1 N–H and O–H groups in total. The summed E-state index contributed by atoms with van der Waals surface area (Å²) in [7, 11) is 0. The maximum Gasteiger partial charge on any atom is 0.231 e. The van der Waals surface area contributed by atoms with Crippen molar-refractivity contribution in [2.24, 2.45) is 0 Å². The number of carbonyl (C=O) groups excluding carboxylic acids is 1. The first-order valence-electron chi connectivity index (χ1n) is 8.94. The molecule has 2 aliphatic rings. The summed E-state index contributed by atoms with van der Waals surface area (Å²) in [4.78, 5) is 12.3. The van der Waals surface area contributed by atoms with Gasteiger partial charge >= 0.3 is 0 Å². The summed E-state index contributed by atoms with van der Waals surface area (Å²) < 4.78 is 12.9. The van der Waals surface area contributed by atoms with Crippen molar-refractivity contribution in [3.05, 3.63) is 29.6 Å². The number of benzene rings is 1. The van der Waals surface area contributed by atoms with Crippen molar-refractivity contribution in [2.75, 3.05) is 12.5 Å². The monoisotopic (exact) mass is 374 g/mol. The van der Waals surface area contributed by atoms with Gasteiger partial charge in [-0.1, -0.05) is 24.2 Å². The highest BCUT2D eigenvalue weighted by atomic mass is 32.2. The minimum atomic E-state index is -0.104. The summed E-state index contributed by atoms with van der Waals surface area (Å²) in [5, 5.41) is 12.4. The highest BCUT2D eigenvalue weighted by Crippen LogP contribution is 2.34. The van der Waals surface area contributed by atoms with Gasteiger partial charge in [0.25, 0.3) is 0 Å². The van der Waals surface area contributed by atoms with Crippen molar-refractivity contribution in [2.45, 2.75) is 50.4 Å². The lowest BCUT2D eigenvalue weighted by molar-refractivity contribution is -0.119. The Hall–Kier alpha value is -2.22. The highest BCUT2D eigenvalue weighted by Gasteiger charge is 2.19. The van der Waals surface area contributed by atoms with E-state index in [0.29, 0.717) is 5.75 Å². The molecule has 138 valence electrons. The Kier molecular flexibility index (Phi) is 5.01. The first-order chi connectivity index (χ1) is 12.7. The second-order valence-corrected chi connectivity index (χ2v) is 7.49. The average Bonchev–Trinajstić information content (AvgIpc) is 3.19. The Balaban J connectivity index is 1.33. The fourth-order valence-electron chi connectivity index (χ4n) is 3.24. The Morgan fingerprint density at radius 3 is 3.08 bits per heavy atom. The fourth-order valence-corrected chi connectivity index (χ4v) is 4.04. The zero-order chi connectivity index (χ0) is 17.9. The topological polar surface area (TPSA) is 78.3 Å². The van der Waals surface area contributed by atoms with Crippen LogP contribution in [0.15, 0.2) is 23.4 Å². The van der Waals surface area contributed by atoms with Crippen LogP contribution in [0.1, 0.15) is 43.6 Å². The van der Waals surface area contributed by atoms with E-state index in [4.69, 9.17) is 9.47 Å². The normalized spacial score (nSPS) is 16.7. The maximum absolute atomic E-state index is 12.3.